The van der Waals surface area contributed by atoms with Crippen LogP contribution in [0.2, 0.25) is 0 Å². The molecule has 0 aromatic rings. The molecule has 2 atom stereocenters. The van der Waals surface area contributed by atoms with Crippen molar-refractivity contribution in [2.45, 2.75) is 38.4 Å². The molecular weight excluding hydrogens is 168 g/mol. The van der Waals surface area contributed by atoms with Crippen LogP contribution in [0.4, 0.5) is 0 Å². The molecule has 1 aliphatic rings. The van der Waals surface area contributed by atoms with Gasteiger partial charge in [0.05, 0.1) is 0 Å². The molecule has 0 aromatic carbocycles. The summed E-state index contributed by atoms with van der Waals surface area (Å²) < 4.78 is 11.5. The highest BCUT2D eigenvalue weighted by Crippen LogP contribution is 2.34. The molecular formula is C10H17OS. The highest BCUT2D eigenvalue weighted by atomic mass is 32.2. The van der Waals surface area contributed by atoms with Gasteiger partial charge in [-0.3, -0.25) is 0 Å². The van der Waals surface area contributed by atoms with Gasteiger partial charge in [0.15, 0.2) is 0 Å². The Morgan fingerprint density at radius 1 is 1.67 bits per heavy atom. The normalized spacial score (nSPS) is 35.2. The van der Waals surface area contributed by atoms with Crippen LogP contribution in [0.15, 0.2) is 11.6 Å². The van der Waals surface area contributed by atoms with Crippen molar-refractivity contribution in [2.75, 3.05) is 5.75 Å². The molecule has 0 bridgehead atoms. The molecule has 0 saturated carbocycles. The third-order valence-electron chi connectivity index (χ3n) is 2.32. The van der Waals surface area contributed by atoms with Crippen molar-refractivity contribution in [3.05, 3.63) is 18.1 Å². The number of rotatable bonds is 2. The molecule has 2 unspecified atom stereocenters. The minimum Gasteiger partial charge on any atom is -0.616 e. The summed E-state index contributed by atoms with van der Waals surface area (Å²) in [6, 6.07) is 0. The predicted molar refractivity (Wildman–Crippen MR) is 54.4 cm³/mol. The summed E-state index contributed by atoms with van der Waals surface area (Å²) in [7, 11) is 0. The fourth-order valence-electron chi connectivity index (χ4n) is 1.38. The first-order chi connectivity index (χ1) is 5.54. The number of hydrogen-bond donors (Lipinski definition) is 0. The second-order valence-corrected chi connectivity index (χ2v) is 5.87. The molecule has 69 valence electrons. The summed E-state index contributed by atoms with van der Waals surface area (Å²) in [6.45, 7) is 6.26. The highest BCUT2D eigenvalue weighted by Gasteiger charge is 2.41. The molecule has 1 fully saturated rings. The van der Waals surface area contributed by atoms with Crippen molar-refractivity contribution >= 4 is 11.2 Å². The molecule has 0 N–H and O–H groups in total. The van der Waals surface area contributed by atoms with Crippen LogP contribution in [0.1, 0.15) is 33.6 Å². The van der Waals surface area contributed by atoms with E-state index in [0.717, 1.165) is 18.6 Å². The molecule has 1 aliphatic heterocycles. The average Bonchev–Trinajstić information content (AvgIpc) is 2.30. The summed E-state index contributed by atoms with van der Waals surface area (Å²) in [6.07, 6.45) is 6.34. The van der Waals surface area contributed by atoms with Crippen LogP contribution in [-0.4, -0.2) is 15.1 Å². The predicted octanol–water partition coefficient (Wildman–Crippen LogP) is 2.46. The molecule has 0 spiro atoms. The lowest BCUT2D eigenvalue weighted by Gasteiger charge is -2.23. The van der Waals surface area contributed by atoms with E-state index < -0.39 is 11.2 Å². The third kappa shape index (κ3) is 2.27. The lowest BCUT2D eigenvalue weighted by molar-refractivity contribution is 0.567. The topological polar surface area (TPSA) is 23.1 Å². The van der Waals surface area contributed by atoms with Gasteiger partial charge in [-0.25, -0.2) is 0 Å². The first-order valence-electron chi connectivity index (χ1n) is 4.41. The van der Waals surface area contributed by atoms with E-state index >= 15 is 0 Å². The van der Waals surface area contributed by atoms with Gasteiger partial charge >= 0.3 is 0 Å². The lowest BCUT2D eigenvalue weighted by Crippen LogP contribution is -2.30. The van der Waals surface area contributed by atoms with Gasteiger partial charge in [0.25, 0.3) is 0 Å². The Hall–Kier alpha value is 0.0500. The number of hydrogen-bond acceptors (Lipinski definition) is 1. The largest absolute Gasteiger partial charge is 0.616 e. The van der Waals surface area contributed by atoms with Gasteiger partial charge in [0.1, 0.15) is 10.5 Å². The quantitative estimate of drug-likeness (QED) is 0.479. The summed E-state index contributed by atoms with van der Waals surface area (Å²) in [5.74, 6) is 0.854. The zero-order chi connectivity index (χ0) is 9.19. The second-order valence-electron chi connectivity index (χ2n) is 3.84. The smallest absolute Gasteiger partial charge is 0.129 e. The van der Waals surface area contributed by atoms with Crippen LogP contribution >= 0.6 is 0 Å². The van der Waals surface area contributed by atoms with E-state index in [1.54, 1.807) is 0 Å². The Bertz CT molecular complexity index is 184. The summed E-state index contributed by atoms with van der Waals surface area (Å²) in [5, 5.41) is 0. The number of allylic oxidation sites excluding steroid dienone is 2. The molecule has 0 aromatic heterocycles. The van der Waals surface area contributed by atoms with Crippen molar-refractivity contribution in [2.24, 2.45) is 0 Å². The van der Waals surface area contributed by atoms with Crippen LogP contribution < -0.4 is 0 Å². The minimum atomic E-state index is -0.643. The van der Waals surface area contributed by atoms with Gasteiger partial charge in [0.2, 0.25) is 0 Å². The first-order valence-corrected chi connectivity index (χ1v) is 5.73. The van der Waals surface area contributed by atoms with Gasteiger partial charge in [0, 0.05) is 19.3 Å². The van der Waals surface area contributed by atoms with E-state index in [9.17, 15) is 4.55 Å². The molecule has 2 heteroatoms. The van der Waals surface area contributed by atoms with E-state index in [2.05, 4.69) is 33.3 Å². The van der Waals surface area contributed by atoms with E-state index in [-0.39, 0.29) is 4.75 Å². The van der Waals surface area contributed by atoms with E-state index in [1.807, 2.05) is 0 Å². The lowest BCUT2D eigenvalue weighted by atomic mass is 10.0. The molecule has 0 aliphatic carbocycles. The Kier molecular flexibility index (Phi) is 3.24. The Morgan fingerprint density at radius 3 is 2.75 bits per heavy atom. The van der Waals surface area contributed by atoms with Crippen molar-refractivity contribution < 1.29 is 4.55 Å². The maximum absolute atomic E-state index is 11.6. The maximum Gasteiger partial charge on any atom is 0.129 e. The average molecular weight is 185 g/mol. The van der Waals surface area contributed by atoms with Gasteiger partial charge in [-0.05, 0) is 31.9 Å². The molecule has 1 saturated heterocycles. The van der Waals surface area contributed by atoms with E-state index in [0.29, 0.717) is 0 Å². The standard InChI is InChI=1S/C10H17OS/c1-9(2)5-7-10(3)6-4-8-12(10)11/h5-6H,4,7-8H2,1-3H3. The fraction of sp³-hybridized carbons (Fsp3) is 0.700. The molecule has 0 amide bonds. The van der Waals surface area contributed by atoms with Gasteiger partial charge in [-0.1, -0.05) is 11.6 Å². The van der Waals surface area contributed by atoms with Crippen LogP contribution in [0.3, 0.4) is 0 Å². The second kappa shape index (κ2) is 3.84. The molecule has 1 nitrogen and oxygen atoms in total. The Balaban J connectivity index is 2.54. The van der Waals surface area contributed by atoms with Crippen LogP contribution in [-0.2, 0) is 11.2 Å². The highest BCUT2D eigenvalue weighted by molar-refractivity contribution is 7.93. The fourth-order valence-corrected chi connectivity index (χ4v) is 2.75. The van der Waals surface area contributed by atoms with Gasteiger partial charge in [-0.15, -0.1) is 0 Å². The molecule has 1 rings (SSSR count). The summed E-state index contributed by atoms with van der Waals surface area (Å²) >= 11 is -0.643. The van der Waals surface area contributed by atoms with E-state index in [4.69, 9.17) is 0 Å². The minimum absolute atomic E-state index is 0.0444. The summed E-state index contributed by atoms with van der Waals surface area (Å²) in [5.41, 5.74) is 1.31. The van der Waals surface area contributed by atoms with Gasteiger partial charge in [-0.2, -0.15) is 0 Å². The van der Waals surface area contributed by atoms with Crippen molar-refractivity contribution in [1.82, 2.24) is 0 Å². The van der Waals surface area contributed by atoms with Crippen LogP contribution in [0, 0.1) is 6.42 Å². The van der Waals surface area contributed by atoms with Gasteiger partial charge < -0.3 is 4.55 Å². The third-order valence-corrected chi connectivity index (χ3v) is 4.30. The SMILES string of the molecule is CC(C)=CCC1(C)[CH]CC[S+]1[O-]. The molecule has 1 radical (unpaired) electrons. The van der Waals surface area contributed by atoms with Crippen molar-refractivity contribution in [3.63, 3.8) is 0 Å². The molecule has 12 heavy (non-hydrogen) atoms. The van der Waals surface area contributed by atoms with Crippen molar-refractivity contribution in [1.29, 1.82) is 0 Å². The molecule has 1 heterocycles. The summed E-state index contributed by atoms with van der Waals surface area (Å²) in [4.78, 5) is 0. The van der Waals surface area contributed by atoms with Crippen LogP contribution in [0.25, 0.3) is 0 Å². The monoisotopic (exact) mass is 185 g/mol. The zero-order valence-electron chi connectivity index (χ0n) is 8.09. The van der Waals surface area contributed by atoms with Crippen molar-refractivity contribution in [3.8, 4) is 0 Å². The Morgan fingerprint density at radius 2 is 2.33 bits per heavy atom. The van der Waals surface area contributed by atoms with Crippen LogP contribution in [0.5, 0.6) is 0 Å². The Labute approximate surface area is 78.4 Å². The van der Waals surface area contributed by atoms with E-state index in [1.165, 1.54) is 5.57 Å². The zero-order valence-corrected chi connectivity index (χ0v) is 8.91. The maximum atomic E-state index is 11.6. The first kappa shape index (κ1) is 10.1.